The largest absolute Gasteiger partial charge is 0.490 e. The summed E-state index contributed by atoms with van der Waals surface area (Å²) in [7, 11) is 0. The highest BCUT2D eigenvalue weighted by Gasteiger charge is 2.34. The number of carbonyl (C=O) groups excluding carboxylic acids is 1. The quantitative estimate of drug-likeness (QED) is 0.388. The molecule has 1 unspecified atom stereocenters. The van der Waals surface area contributed by atoms with Gasteiger partial charge in [0.25, 0.3) is 0 Å². The van der Waals surface area contributed by atoms with Crippen molar-refractivity contribution in [3.63, 3.8) is 0 Å². The normalized spacial score (nSPS) is 16.1. The molecule has 6 heteroatoms. The zero-order valence-corrected chi connectivity index (χ0v) is 18.6. The van der Waals surface area contributed by atoms with Gasteiger partial charge in [0.1, 0.15) is 18.2 Å². The van der Waals surface area contributed by atoms with Crippen LogP contribution in [0.25, 0.3) is 11.0 Å². The predicted molar refractivity (Wildman–Crippen MR) is 128 cm³/mol. The second-order valence-electron chi connectivity index (χ2n) is 8.13. The summed E-state index contributed by atoms with van der Waals surface area (Å²) in [6.45, 7) is 3.75. The summed E-state index contributed by atoms with van der Waals surface area (Å²) in [5.74, 6) is 1.75. The average Bonchev–Trinajstić information content (AvgIpc) is 3.36. The van der Waals surface area contributed by atoms with E-state index in [2.05, 4.69) is 10.6 Å². The summed E-state index contributed by atoms with van der Waals surface area (Å²) >= 11 is 6.23. The summed E-state index contributed by atoms with van der Waals surface area (Å²) in [6, 6.07) is 23.6. The maximum Gasteiger partial charge on any atom is 0.227 e. The van der Waals surface area contributed by atoms with Crippen LogP contribution in [-0.4, -0.2) is 28.6 Å². The molecule has 4 aromatic rings. The van der Waals surface area contributed by atoms with Crippen molar-refractivity contribution in [3.8, 4) is 5.75 Å². The minimum absolute atomic E-state index is 0.0246. The number of hydrogen-bond donors (Lipinski definition) is 0. The van der Waals surface area contributed by atoms with Crippen molar-refractivity contribution in [1.29, 1.82) is 0 Å². The van der Waals surface area contributed by atoms with Gasteiger partial charge in [-0.1, -0.05) is 53.6 Å². The third kappa shape index (κ3) is 3.96. The van der Waals surface area contributed by atoms with Gasteiger partial charge in [0.05, 0.1) is 22.6 Å². The van der Waals surface area contributed by atoms with Crippen LogP contribution < -0.4 is 9.64 Å². The Morgan fingerprint density at radius 1 is 1.03 bits per heavy atom. The Morgan fingerprint density at radius 2 is 1.78 bits per heavy atom. The number of benzene rings is 3. The van der Waals surface area contributed by atoms with Crippen molar-refractivity contribution < 1.29 is 9.53 Å². The molecule has 1 aliphatic rings. The van der Waals surface area contributed by atoms with Crippen LogP contribution in [0.2, 0.25) is 5.02 Å². The minimum Gasteiger partial charge on any atom is -0.490 e. The van der Waals surface area contributed by atoms with Gasteiger partial charge < -0.3 is 14.2 Å². The Balaban J connectivity index is 1.41. The first-order valence-corrected chi connectivity index (χ1v) is 11.2. The summed E-state index contributed by atoms with van der Waals surface area (Å²) in [5, 5.41) is 0.596. The number of aryl methyl sites for hydroxylation is 1. The van der Waals surface area contributed by atoms with Crippen LogP contribution in [0.3, 0.4) is 0 Å². The van der Waals surface area contributed by atoms with Crippen molar-refractivity contribution in [2.24, 2.45) is 0 Å². The van der Waals surface area contributed by atoms with E-state index in [-0.39, 0.29) is 11.8 Å². The number of carbonyl (C=O) groups is 1. The molecule has 5 nitrogen and oxygen atoms in total. The van der Waals surface area contributed by atoms with Crippen molar-refractivity contribution in [1.82, 2.24) is 9.55 Å². The topological polar surface area (TPSA) is 47.4 Å². The Labute approximate surface area is 192 Å². The second kappa shape index (κ2) is 8.67. The number of ether oxygens (including phenoxy) is 1. The summed E-state index contributed by atoms with van der Waals surface area (Å²) < 4.78 is 8.12. The molecule has 1 saturated heterocycles. The molecule has 0 bridgehead atoms. The van der Waals surface area contributed by atoms with Crippen LogP contribution in [0.15, 0.2) is 72.8 Å². The molecule has 3 aromatic carbocycles. The standard InChI is InChI=1S/C26H24ClN3O2/c1-18-10-12-20(13-11-18)30-17-19(16-25(30)31)26-28-22-7-3-4-8-23(22)29(26)14-15-32-24-9-5-2-6-21(24)27/h2-13,19H,14-17H2,1H3. The molecule has 0 spiro atoms. The maximum absolute atomic E-state index is 12.9. The zero-order chi connectivity index (χ0) is 22.1. The van der Waals surface area contributed by atoms with Gasteiger partial charge >= 0.3 is 0 Å². The van der Waals surface area contributed by atoms with Gasteiger partial charge in [-0.05, 0) is 43.3 Å². The first kappa shape index (κ1) is 20.6. The molecule has 2 heterocycles. The fourth-order valence-electron chi connectivity index (χ4n) is 4.30. The van der Waals surface area contributed by atoms with Crippen molar-refractivity contribution >= 4 is 34.2 Å². The van der Waals surface area contributed by atoms with Crippen LogP contribution >= 0.6 is 11.6 Å². The first-order valence-electron chi connectivity index (χ1n) is 10.8. The van der Waals surface area contributed by atoms with E-state index in [0.717, 1.165) is 22.5 Å². The molecule has 1 fully saturated rings. The third-order valence-corrected chi connectivity index (χ3v) is 6.24. The lowest BCUT2D eigenvalue weighted by molar-refractivity contribution is -0.117. The van der Waals surface area contributed by atoms with Gasteiger partial charge in [0.2, 0.25) is 5.91 Å². The number of imidazole rings is 1. The van der Waals surface area contributed by atoms with Gasteiger partial charge in [0.15, 0.2) is 0 Å². The SMILES string of the molecule is Cc1ccc(N2CC(c3nc4ccccc4n3CCOc3ccccc3Cl)CC2=O)cc1. The van der Waals surface area contributed by atoms with E-state index in [9.17, 15) is 4.79 Å². The Hall–Kier alpha value is -3.31. The molecular weight excluding hydrogens is 422 g/mol. The van der Waals surface area contributed by atoms with Gasteiger partial charge in [-0.15, -0.1) is 0 Å². The molecule has 1 atom stereocenters. The van der Waals surface area contributed by atoms with Gasteiger partial charge in [-0.25, -0.2) is 4.98 Å². The van der Waals surface area contributed by atoms with Crippen LogP contribution in [0.4, 0.5) is 5.69 Å². The summed E-state index contributed by atoms with van der Waals surface area (Å²) in [4.78, 5) is 19.6. The average molecular weight is 446 g/mol. The molecule has 1 aliphatic heterocycles. The summed E-state index contributed by atoms with van der Waals surface area (Å²) in [6.07, 6.45) is 0.447. The lowest BCUT2D eigenvalue weighted by Gasteiger charge is -2.18. The molecule has 0 N–H and O–H groups in total. The van der Waals surface area contributed by atoms with E-state index in [4.69, 9.17) is 21.3 Å². The number of aromatic nitrogens is 2. The van der Waals surface area contributed by atoms with E-state index in [1.165, 1.54) is 5.56 Å². The van der Waals surface area contributed by atoms with Gasteiger partial charge in [-0.3, -0.25) is 4.79 Å². The maximum atomic E-state index is 12.9. The number of anilines is 1. The Bertz CT molecular complexity index is 1270. The smallest absolute Gasteiger partial charge is 0.227 e. The molecule has 162 valence electrons. The highest BCUT2D eigenvalue weighted by atomic mass is 35.5. The number of halogens is 1. The molecule has 0 aliphatic carbocycles. The monoisotopic (exact) mass is 445 g/mol. The van der Waals surface area contributed by atoms with Gasteiger partial charge in [0, 0.05) is 24.6 Å². The molecule has 5 rings (SSSR count). The number of hydrogen-bond acceptors (Lipinski definition) is 3. The molecule has 1 aromatic heterocycles. The molecule has 32 heavy (non-hydrogen) atoms. The van der Waals surface area contributed by atoms with E-state index in [1.54, 1.807) is 0 Å². The van der Waals surface area contributed by atoms with Crippen molar-refractivity contribution in [2.75, 3.05) is 18.1 Å². The fraction of sp³-hybridized carbons (Fsp3) is 0.231. The van der Waals surface area contributed by atoms with Crippen LogP contribution in [0.1, 0.15) is 23.7 Å². The number of fused-ring (bicyclic) bond motifs is 1. The molecule has 0 saturated carbocycles. The molecular formula is C26H24ClN3O2. The number of nitrogens with zero attached hydrogens (tertiary/aromatic N) is 3. The minimum atomic E-state index is 0.0246. The number of para-hydroxylation sites is 3. The van der Waals surface area contributed by atoms with Crippen LogP contribution in [-0.2, 0) is 11.3 Å². The second-order valence-corrected chi connectivity index (χ2v) is 8.54. The van der Waals surface area contributed by atoms with Crippen LogP contribution in [0.5, 0.6) is 5.75 Å². The molecule has 1 amide bonds. The highest BCUT2D eigenvalue weighted by Crippen LogP contribution is 2.33. The van der Waals surface area contributed by atoms with Crippen LogP contribution in [0, 0.1) is 6.92 Å². The lowest BCUT2D eigenvalue weighted by atomic mass is 10.1. The van der Waals surface area contributed by atoms with E-state index in [0.29, 0.717) is 36.9 Å². The lowest BCUT2D eigenvalue weighted by Crippen LogP contribution is -2.24. The molecule has 0 radical (unpaired) electrons. The zero-order valence-electron chi connectivity index (χ0n) is 17.9. The number of amides is 1. The van der Waals surface area contributed by atoms with Gasteiger partial charge in [-0.2, -0.15) is 0 Å². The van der Waals surface area contributed by atoms with E-state index >= 15 is 0 Å². The van der Waals surface area contributed by atoms with E-state index < -0.39 is 0 Å². The first-order chi connectivity index (χ1) is 15.6. The highest BCUT2D eigenvalue weighted by molar-refractivity contribution is 6.32. The van der Waals surface area contributed by atoms with E-state index in [1.807, 2.05) is 78.6 Å². The Kier molecular flexibility index (Phi) is 5.58. The fourth-order valence-corrected chi connectivity index (χ4v) is 4.49. The summed E-state index contributed by atoms with van der Waals surface area (Å²) in [5.41, 5.74) is 4.10. The number of rotatable bonds is 6. The third-order valence-electron chi connectivity index (χ3n) is 5.93. The Morgan fingerprint density at radius 3 is 2.59 bits per heavy atom. The van der Waals surface area contributed by atoms with Crippen molar-refractivity contribution in [2.45, 2.75) is 25.8 Å². The predicted octanol–water partition coefficient (Wildman–Crippen LogP) is 5.60. The van der Waals surface area contributed by atoms with Crippen molar-refractivity contribution in [3.05, 3.63) is 89.2 Å².